The molecule has 0 spiro atoms. The number of amides is 1. The van der Waals surface area contributed by atoms with Crippen LogP contribution in [0.1, 0.15) is 20.3 Å². The fourth-order valence-electron chi connectivity index (χ4n) is 3.53. The average Bonchev–Trinajstić information content (AvgIpc) is 3.11. The summed E-state index contributed by atoms with van der Waals surface area (Å²) >= 11 is 6.42. The van der Waals surface area contributed by atoms with Gasteiger partial charge in [-0.15, -0.1) is 0 Å². The lowest BCUT2D eigenvalue weighted by Gasteiger charge is -2.15. The van der Waals surface area contributed by atoms with E-state index in [1.807, 2.05) is 13.8 Å². The van der Waals surface area contributed by atoms with Gasteiger partial charge in [0.15, 0.2) is 17.3 Å². The summed E-state index contributed by atoms with van der Waals surface area (Å²) in [6.07, 6.45) is 5.41. The van der Waals surface area contributed by atoms with Gasteiger partial charge in [0.2, 0.25) is 5.91 Å². The maximum absolute atomic E-state index is 15.1. The van der Waals surface area contributed by atoms with E-state index in [0.717, 1.165) is 0 Å². The minimum Gasteiger partial charge on any atom is -0.379 e. The van der Waals surface area contributed by atoms with Crippen LogP contribution in [0.5, 0.6) is 0 Å². The number of carbonyl (C=O) groups is 1. The first-order valence-electron chi connectivity index (χ1n) is 9.74. The van der Waals surface area contributed by atoms with Crippen molar-refractivity contribution < 1.29 is 13.6 Å². The first-order chi connectivity index (χ1) is 14.8. The Hall–Kier alpha value is -3.27. The second kappa shape index (κ2) is 7.16. The van der Waals surface area contributed by atoms with Gasteiger partial charge in [-0.1, -0.05) is 11.6 Å². The van der Waals surface area contributed by atoms with Gasteiger partial charge in [0.05, 0.1) is 46.4 Å². The van der Waals surface area contributed by atoms with Gasteiger partial charge in [-0.25, -0.2) is 13.8 Å². The summed E-state index contributed by atoms with van der Waals surface area (Å²) in [7, 11) is 0. The molecular formula is C20H18ClF2N7O. The summed E-state index contributed by atoms with van der Waals surface area (Å²) < 4.78 is 29.9. The molecule has 1 fully saturated rings. The number of nitrogens with one attached hydrogen (secondary N) is 3. The molecule has 1 saturated carbocycles. The van der Waals surface area contributed by atoms with Gasteiger partial charge in [0.1, 0.15) is 6.17 Å². The van der Waals surface area contributed by atoms with Crippen LogP contribution < -0.4 is 10.6 Å². The van der Waals surface area contributed by atoms with E-state index in [2.05, 4.69) is 30.8 Å². The number of nitrogens with zero attached hydrogens (tertiary/aromatic N) is 4. The van der Waals surface area contributed by atoms with E-state index in [4.69, 9.17) is 11.6 Å². The lowest BCUT2D eigenvalue weighted by molar-refractivity contribution is -0.117. The molecular weight excluding hydrogens is 428 g/mol. The quantitative estimate of drug-likeness (QED) is 0.428. The number of halogens is 3. The molecule has 0 aliphatic heterocycles. The summed E-state index contributed by atoms with van der Waals surface area (Å²) in [5.41, 5.74) is 1.98. The average molecular weight is 446 g/mol. The number of H-pyrrole nitrogens is 1. The highest BCUT2D eigenvalue weighted by atomic mass is 35.5. The Balaban J connectivity index is 1.57. The number of aromatic amines is 1. The van der Waals surface area contributed by atoms with E-state index >= 15 is 4.39 Å². The van der Waals surface area contributed by atoms with Crippen LogP contribution in [0.3, 0.4) is 0 Å². The first kappa shape index (κ1) is 19.7. The van der Waals surface area contributed by atoms with E-state index in [9.17, 15) is 9.18 Å². The van der Waals surface area contributed by atoms with Crippen molar-refractivity contribution in [3.05, 3.63) is 35.6 Å². The molecule has 1 aliphatic carbocycles. The van der Waals surface area contributed by atoms with Gasteiger partial charge >= 0.3 is 0 Å². The topological polar surface area (TPSA) is 100 Å². The highest BCUT2D eigenvalue weighted by molar-refractivity contribution is 6.35. The monoisotopic (exact) mass is 445 g/mol. The number of hydrogen-bond donors (Lipinski definition) is 3. The van der Waals surface area contributed by atoms with Gasteiger partial charge in [-0.05, 0) is 20.3 Å². The Kier molecular flexibility index (Phi) is 4.54. The molecule has 0 bridgehead atoms. The van der Waals surface area contributed by atoms with Gasteiger partial charge in [0, 0.05) is 23.2 Å². The van der Waals surface area contributed by atoms with E-state index in [0.29, 0.717) is 27.8 Å². The molecule has 160 valence electrons. The van der Waals surface area contributed by atoms with Gasteiger partial charge in [-0.3, -0.25) is 14.9 Å². The smallest absolute Gasteiger partial charge is 0.231 e. The third-order valence-corrected chi connectivity index (χ3v) is 5.48. The molecule has 1 aliphatic rings. The third kappa shape index (κ3) is 3.36. The number of anilines is 2. The van der Waals surface area contributed by atoms with Crippen LogP contribution in [0.25, 0.3) is 27.8 Å². The fraction of sp³-hybridized carbons (Fsp3) is 0.300. The van der Waals surface area contributed by atoms with Crippen molar-refractivity contribution >= 4 is 45.6 Å². The molecule has 8 nitrogen and oxygen atoms in total. The second-order valence-corrected chi connectivity index (χ2v) is 8.23. The van der Waals surface area contributed by atoms with Crippen molar-refractivity contribution in [1.29, 1.82) is 0 Å². The third-order valence-electron chi connectivity index (χ3n) is 5.12. The number of imidazole rings is 1. The van der Waals surface area contributed by atoms with Crippen LogP contribution >= 0.6 is 11.6 Å². The van der Waals surface area contributed by atoms with Gasteiger partial charge in [0.25, 0.3) is 0 Å². The van der Waals surface area contributed by atoms with Crippen molar-refractivity contribution in [2.75, 3.05) is 10.6 Å². The lowest BCUT2D eigenvalue weighted by Crippen LogP contribution is -2.15. The summed E-state index contributed by atoms with van der Waals surface area (Å²) in [6, 6.07) is -0.0136. The molecule has 3 aromatic heterocycles. The van der Waals surface area contributed by atoms with Crippen molar-refractivity contribution in [2.24, 2.45) is 5.92 Å². The molecule has 1 amide bonds. The first-order valence-corrected chi connectivity index (χ1v) is 10.1. The maximum Gasteiger partial charge on any atom is 0.231 e. The summed E-state index contributed by atoms with van der Waals surface area (Å²) in [6.45, 7) is 3.79. The van der Waals surface area contributed by atoms with Crippen LogP contribution in [0.2, 0.25) is 5.02 Å². The fourth-order valence-corrected chi connectivity index (χ4v) is 3.82. The Morgan fingerprint density at radius 2 is 2.13 bits per heavy atom. The molecule has 3 heterocycles. The standard InChI is InChI=1S/C20H18ClF2N7O/c1-8(2)26-19-17(23)16(21)15(10-4-25-29-18(10)19)12-6-30-7-13(27-14(30)5-24-12)28-20(31)9-3-11(9)22/h4-9,11,26H,3H2,1-2H3,(H,25,29)(H,28,31). The van der Waals surface area contributed by atoms with Crippen LogP contribution in [0, 0.1) is 11.7 Å². The molecule has 0 radical (unpaired) electrons. The van der Waals surface area contributed by atoms with Crippen LogP contribution in [-0.2, 0) is 4.79 Å². The molecule has 2 unspecified atom stereocenters. The Morgan fingerprint density at radius 3 is 2.84 bits per heavy atom. The summed E-state index contributed by atoms with van der Waals surface area (Å²) in [5.74, 6) is -1.34. The zero-order chi connectivity index (χ0) is 21.9. The van der Waals surface area contributed by atoms with Crippen molar-refractivity contribution in [3.63, 3.8) is 0 Å². The maximum atomic E-state index is 15.1. The number of aromatic nitrogens is 5. The number of rotatable bonds is 5. The Morgan fingerprint density at radius 1 is 1.35 bits per heavy atom. The number of benzene rings is 1. The van der Waals surface area contributed by atoms with Gasteiger partial charge in [-0.2, -0.15) is 5.10 Å². The SMILES string of the molecule is CC(C)Nc1c(F)c(Cl)c(-c2cn3cc(NC(=O)C4CC4F)nc3cn2)c2cn[nH]c12. The highest BCUT2D eigenvalue weighted by Crippen LogP contribution is 2.41. The summed E-state index contributed by atoms with van der Waals surface area (Å²) in [5, 5.41) is 13.1. The van der Waals surface area contributed by atoms with Crippen LogP contribution in [0.4, 0.5) is 20.3 Å². The van der Waals surface area contributed by atoms with Crippen molar-refractivity contribution in [3.8, 4) is 11.3 Å². The lowest BCUT2D eigenvalue weighted by atomic mass is 10.1. The molecule has 5 rings (SSSR count). The molecule has 1 aromatic carbocycles. The Labute approximate surface area is 180 Å². The molecule has 31 heavy (non-hydrogen) atoms. The minimum absolute atomic E-state index is 0.0136. The molecule has 2 atom stereocenters. The van der Waals surface area contributed by atoms with E-state index < -0.39 is 23.8 Å². The molecule has 4 aromatic rings. The zero-order valence-corrected chi connectivity index (χ0v) is 17.3. The zero-order valence-electron chi connectivity index (χ0n) is 16.6. The molecule has 0 saturated heterocycles. The number of alkyl halides is 1. The Bertz CT molecular complexity index is 1330. The normalized spacial score (nSPS) is 18.1. The van der Waals surface area contributed by atoms with Crippen LogP contribution in [-0.4, -0.2) is 42.7 Å². The molecule has 11 heteroatoms. The number of hydrogen-bond acceptors (Lipinski definition) is 5. The van der Waals surface area contributed by atoms with E-state index in [1.165, 1.54) is 6.20 Å². The van der Waals surface area contributed by atoms with Crippen LogP contribution in [0.15, 0.2) is 24.8 Å². The second-order valence-electron chi connectivity index (χ2n) is 7.85. The summed E-state index contributed by atoms with van der Waals surface area (Å²) in [4.78, 5) is 20.6. The number of carbonyl (C=O) groups excluding carboxylic acids is 1. The van der Waals surface area contributed by atoms with E-state index in [1.54, 1.807) is 23.0 Å². The van der Waals surface area contributed by atoms with Gasteiger partial charge < -0.3 is 15.0 Å². The predicted octanol–water partition coefficient (Wildman–Crippen LogP) is 4.18. The molecule has 3 N–H and O–H groups in total. The van der Waals surface area contributed by atoms with Crippen molar-refractivity contribution in [1.82, 2.24) is 24.6 Å². The van der Waals surface area contributed by atoms with E-state index in [-0.39, 0.29) is 29.0 Å². The van der Waals surface area contributed by atoms with Crippen molar-refractivity contribution in [2.45, 2.75) is 32.5 Å². The number of fused-ring (bicyclic) bond motifs is 2. The predicted molar refractivity (Wildman–Crippen MR) is 113 cm³/mol. The highest BCUT2D eigenvalue weighted by Gasteiger charge is 2.43. The largest absolute Gasteiger partial charge is 0.379 e. The minimum atomic E-state index is -1.09.